The van der Waals surface area contributed by atoms with Crippen LogP contribution in [0.2, 0.25) is 0 Å². The van der Waals surface area contributed by atoms with Crippen molar-refractivity contribution in [3.8, 4) is 0 Å². The van der Waals surface area contributed by atoms with Crippen LogP contribution in [-0.4, -0.2) is 30.0 Å². The maximum absolute atomic E-state index is 13.8. The summed E-state index contributed by atoms with van der Waals surface area (Å²) in [7, 11) is 0. The third kappa shape index (κ3) is 2.19. The van der Waals surface area contributed by atoms with E-state index in [0.717, 1.165) is 6.42 Å². The van der Waals surface area contributed by atoms with E-state index < -0.39 is 5.82 Å². The number of nitrogens with one attached hydrogen (secondary N) is 1. The van der Waals surface area contributed by atoms with Gasteiger partial charge in [0.1, 0.15) is 0 Å². The molecule has 0 saturated carbocycles. The van der Waals surface area contributed by atoms with Crippen LogP contribution in [0.1, 0.15) is 23.7 Å². The molecular formula is C11H13FN2O2. The summed E-state index contributed by atoms with van der Waals surface area (Å²) >= 11 is 0. The number of aromatic nitrogens is 1. The first-order valence-electron chi connectivity index (χ1n) is 5.18. The van der Waals surface area contributed by atoms with Gasteiger partial charge >= 0.3 is 0 Å². The molecule has 0 unspecified atom stereocenters. The predicted octanol–water partition coefficient (Wildman–Crippen LogP) is 1.62. The van der Waals surface area contributed by atoms with Crippen molar-refractivity contribution in [3.63, 3.8) is 0 Å². The van der Waals surface area contributed by atoms with Crippen LogP contribution in [0.4, 0.5) is 10.2 Å². The topological polar surface area (TPSA) is 51.2 Å². The Hall–Kier alpha value is -1.49. The lowest BCUT2D eigenvalue weighted by molar-refractivity contribution is 0.101. The lowest BCUT2D eigenvalue weighted by Crippen LogP contribution is -2.21. The molecule has 0 amide bonds. The average molecular weight is 224 g/mol. The van der Waals surface area contributed by atoms with Crippen molar-refractivity contribution in [1.29, 1.82) is 0 Å². The minimum atomic E-state index is -0.582. The number of carbonyl (C=O) groups excluding carboxylic acids is 1. The number of ether oxygens (including phenoxy) is 1. The van der Waals surface area contributed by atoms with Gasteiger partial charge in [0.05, 0.1) is 18.2 Å². The number of nitrogens with zero attached hydrogens (tertiary/aromatic N) is 1. The monoisotopic (exact) mass is 224 g/mol. The number of anilines is 1. The molecule has 0 radical (unpaired) electrons. The van der Waals surface area contributed by atoms with E-state index in [0.29, 0.717) is 13.2 Å². The second-order valence-electron chi connectivity index (χ2n) is 3.78. The van der Waals surface area contributed by atoms with Crippen molar-refractivity contribution >= 4 is 11.6 Å². The second kappa shape index (κ2) is 4.57. The first-order chi connectivity index (χ1) is 7.68. The van der Waals surface area contributed by atoms with Gasteiger partial charge < -0.3 is 10.1 Å². The van der Waals surface area contributed by atoms with E-state index in [-0.39, 0.29) is 23.2 Å². The number of ketones is 1. The second-order valence-corrected chi connectivity index (χ2v) is 3.78. The number of hydrogen-bond donors (Lipinski definition) is 1. The van der Waals surface area contributed by atoms with Crippen molar-refractivity contribution in [1.82, 2.24) is 4.98 Å². The molecule has 0 bridgehead atoms. The number of pyridine rings is 1. The van der Waals surface area contributed by atoms with Gasteiger partial charge in [-0.25, -0.2) is 9.37 Å². The van der Waals surface area contributed by atoms with Crippen LogP contribution < -0.4 is 5.32 Å². The Balaban J connectivity index is 2.20. The van der Waals surface area contributed by atoms with Crippen LogP contribution in [0.3, 0.4) is 0 Å². The van der Waals surface area contributed by atoms with E-state index in [1.54, 1.807) is 0 Å². The van der Waals surface area contributed by atoms with Crippen molar-refractivity contribution < 1.29 is 13.9 Å². The van der Waals surface area contributed by atoms with E-state index in [1.165, 1.54) is 19.2 Å². The smallest absolute Gasteiger partial charge is 0.176 e. The molecule has 1 N–H and O–H groups in total. The zero-order valence-electron chi connectivity index (χ0n) is 9.00. The van der Waals surface area contributed by atoms with E-state index in [9.17, 15) is 9.18 Å². The molecule has 1 aliphatic rings. The Morgan fingerprint density at radius 2 is 2.50 bits per heavy atom. The van der Waals surface area contributed by atoms with Crippen LogP contribution in [-0.2, 0) is 4.74 Å². The van der Waals surface area contributed by atoms with Gasteiger partial charge in [0.15, 0.2) is 17.4 Å². The number of hydrogen-bond acceptors (Lipinski definition) is 4. The van der Waals surface area contributed by atoms with Gasteiger partial charge in [0, 0.05) is 12.8 Å². The minimum Gasteiger partial charge on any atom is -0.379 e. The molecule has 4 nitrogen and oxygen atoms in total. The molecule has 1 aromatic rings. The highest BCUT2D eigenvalue weighted by Gasteiger charge is 2.19. The van der Waals surface area contributed by atoms with Gasteiger partial charge in [-0.3, -0.25) is 4.79 Å². The fourth-order valence-electron chi connectivity index (χ4n) is 1.66. The first kappa shape index (κ1) is 11.0. The van der Waals surface area contributed by atoms with Gasteiger partial charge in [0.2, 0.25) is 0 Å². The van der Waals surface area contributed by atoms with Gasteiger partial charge in [-0.15, -0.1) is 0 Å². The largest absolute Gasteiger partial charge is 0.379 e. The number of carbonyl (C=O) groups is 1. The highest BCUT2D eigenvalue weighted by molar-refractivity contribution is 5.95. The molecule has 2 heterocycles. The third-order valence-electron chi connectivity index (χ3n) is 2.54. The number of halogens is 1. The fourth-order valence-corrected chi connectivity index (χ4v) is 1.66. The summed E-state index contributed by atoms with van der Waals surface area (Å²) < 4.78 is 19.0. The highest BCUT2D eigenvalue weighted by Crippen LogP contribution is 2.18. The molecule has 0 aliphatic carbocycles. The first-order valence-corrected chi connectivity index (χ1v) is 5.18. The Kier molecular flexibility index (Phi) is 3.14. The molecule has 86 valence electrons. The minimum absolute atomic E-state index is 0.0661. The van der Waals surface area contributed by atoms with Gasteiger partial charge in [-0.05, 0) is 19.4 Å². The van der Waals surface area contributed by atoms with Gasteiger partial charge in [0.25, 0.3) is 0 Å². The molecule has 1 saturated heterocycles. The molecule has 1 aromatic heterocycles. The van der Waals surface area contributed by atoms with Crippen LogP contribution >= 0.6 is 0 Å². The standard InChI is InChI=1S/C11H13FN2O2/c1-7(15)9-2-4-13-11(10(9)12)14-8-3-5-16-6-8/h2,4,8H,3,5-6H2,1H3,(H,13,14)/t8-/m0/s1. The molecule has 16 heavy (non-hydrogen) atoms. The van der Waals surface area contributed by atoms with Gasteiger partial charge in [-0.2, -0.15) is 0 Å². The average Bonchev–Trinajstić information content (AvgIpc) is 2.73. The fraction of sp³-hybridized carbons (Fsp3) is 0.455. The number of rotatable bonds is 3. The molecular weight excluding hydrogens is 211 g/mol. The summed E-state index contributed by atoms with van der Waals surface area (Å²) in [5, 5.41) is 2.94. The van der Waals surface area contributed by atoms with E-state index >= 15 is 0 Å². The summed E-state index contributed by atoms with van der Waals surface area (Å²) in [5.74, 6) is -0.754. The maximum Gasteiger partial charge on any atom is 0.176 e. The molecule has 2 rings (SSSR count). The van der Waals surface area contributed by atoms with E-state index in [1.807, 2.05) is 0 Å². The SMILES string of the molecule is CC(=O)c1ccnc(N[C@H]2CCOC2)c1F. The number of Topliss-reactive ketones (excluding diaryl/α,β-unsaturated/α-hetero) is 1. The zero-order valence-corrected chi connectivity index (χ0v) is 9.00. The predicted molar refractivity (Wildman–Crippen MR) is 57.0 cm³/mol. The Morgan fingerprint density at radius 3 is 3.12 bits per heavy atom. The Morgan fingerprint density at radius 1 is 1.69 bits per heavy atom. The van der Waals surface area contributed by atoms with E-state index in [2.05, 4.69) is 10.3 Å². The quantitative estimate of drug-likeness (QED) is 0.793. The van der Waals surface area contributed by atoms with Crippen molar-refractivity contribution in [2.24, 2.45) is 0 Å². The maximum atomic E-state index is 13.8. The molecule has 1 aliphatic heterocycles. The molecule has 5 heteroatoms. The van der Waals surface area contributed by atoms with Crippen molar-refractivity contribution in [2.75, 3.05) is 18.5 Å². The van der Waals surface area contributed by atoms with E-state index in [4.69, 9.17) is 4.74 Å². The summed E-state index contributed by atoms with van der Waals surface area (Å²) in [5.41, 5.74) is 0.0661. The normalized spacial score (nSPS) is 19.8. The van der Waals surface area contributed by atoms with Crippen LogP contribution in [0.5, 0.6) is 0 Å². The molecule has 1 atom stereocenters. The van der Waals surface area contributed by atoms with Gasteiger partial charge in [-0.1, -0.05) is 0 Å². The third-order valence-corrected chi connectivity index (χ3v) is 2.54. The molecule has 0 spiro atoms. The zero-order chi connectivity index (χ0) is 11.5. The van der Waals surface area contributed by atoms with Crippen LogP contribution in [0.25, 0.3) is 0 Å². The Labute approximate surface area is 92.8 Å². The van der Waals surface area contributed by atoms with Crippen molar-refractivity contribution in [2.45, 2.75) is 19.4 Å². The molecule has 1 fully saturated rings. The summed E-state index contributed by atoms with van der Waals surface area (Å²) in [6.45, 7) is 2.55. The summed E-state index contributed by atoms with van der Waals surface area (Å²) in [6, 6.07) is 1.46. The highest BCUT2D eigenvalue weighted by atomic mass is 19.1. The molecule has 0 aromatic carbocycles. The lowest BCUT2D eigenvalue weighted by Gasteiger charge is -2.12. The summed E-state index contributed by atoms with van der Waals surface area (Å²) in [6.07, 6.45) is 2.25. The summed E-state index contributed by atoms with van der Waals surface area (Å²) in [4.78, 5) is 15.0. The lowest BCUT2D eigenvalue weighted by atomic mass is 10.1. The Bertz CT molecular complexity index is 403. The van der Waals surface area contributed by atoms with Crippen molar-refractivity contribution in [3.05, 3.63) is 23.6 Å². The van der Waals surface area contributed by atoms with Crippen LogP contribution in [0.15, 0.2) is 12.3 Å². The van der Waals surface area contributed by atoms with Crippen LogP contribution in [0, 0.1) is 5.82 Å².